The third-order valence-corrected chi connectivity index (χ3v) is 10.8. The van der Waals surface area contributed by atoms with Crippen LogP contribution in [0.4, 0.5) is 0 Å². The molecule has 0 saturated carbocycles. The van der Waals surface area contributed by atoms with Gasteiger partial charge in [-0.05, 0) is 79.8 Å². The summed E-state index contributed by atoms with van der Waals surface area (Å²) in [4.78, 5) is 15.3. The molecule has 11 aromatic rings. The third-order valence-electron chi connectivity index (χ3n) is 10.8. The van der Waals surface area contributed by atoms with Crippen LogP contribution < -0.4 is 0 Å². The maximum Gasteiger partial charge on any atom is 0.164 e. The van der Waals surface area contributed by atoms with E-state index in [9.17, 15) is 0 Å². The van der Waals surface area contributed by atoms with Gasteiger partial charge >= 0.3 is 0 Å². The van der Waals surface area contributed by atoms with Gasteiger partial charge in [0.25, 0.3) is 0 Å². The Balaban J connectivity index is 1.06. The lowest BCUT2D eigenvalue weighted by molar-refractivity contribution is 1.07. The fourth-order valence-electron chi connectivity index (χ4n) is 8.14. The molecule has 0 spiro atoms. The van der Waals surface area contributed by atoms with Crippen LogP contribution in [0.2, 0.25) is 0 Å². The van der Waals surface area contributed by atoms with Gasteiger partial charge in [0.15, 0.2) is 17.5 Å². The summed E-state index contributed by atoms with van der Waals surface area (Å²) >= 11 is 0. The van der Waals surface area contributed by atoms with Crippen molar-refractivity contribution in [2.24, 2.45) is 0 Å². The van der Waals surface area contributed by atoms with Gasteiger partial charge in [-0.3, -0.25) is 0 Å². The number of benzene rings is 9. The summed E-state index contributed by atoms with van der Waals surface area (Å²) in [7, 11) is 0. The van der Waals surface area contributed by atoms with Crippen molar-refractivity contribution in [1.82, 2.24) is 19.5 Å². The lowest BCUT2D eigenvalue weighted by atomic mass is 9.98. The average Bonchev–Trinajstić information content (AvgIpc) is 3.59. The predicted octanol–water partition coefficient (Wildman–Crippen LogP) is 13.1. The molecule has 0 bridgehead atoms. The summed E-state index contributed by atoms with van der Waals surface area (Å²) in [5, 5.41) is 9.83. The lowest BCUT2D eigenvalue weighted by Crippen LogP contribution is -2.01. The molecule has 11 rings (SSSR count). The summed E-state index contributed by atoms with van der Waals surface area (Å²) in [6.07, 6.45) is 0. The van der Waals surface area contributed by atoms with Gasteiger partial charge in [-0.1, -0.05) is 158 Å². The molecule has 9 aromatic carbocycles. The number of fused-ring (bicyclic) bond motifs is 7. The summed E-state index contributed by atoms with van der Waals surface area (Å²) in [5.41, 5.74) is 8.49. The molecule has 0 saturated heterocycles. The van der Waals surface area contributed by atoms with Crippen molar-refractivity contribution in [1.29, 1.82) is 0 Å². The van der Waals surface area contributed by atoms with Gasteiger partial charge in [0.1, 0.15) is 0 Å². The first-order valence-corrected chi connectivity index (χ1v) is 18.6. The molecule has 0 atom stereocenters. The molecule has 4 nitrogen and oxygen atoms in total. The molecule has 4 heteroatoms. The standard InChI is InChI=1S/C51H32N4/c1-2-14-36(15-3-1)49-52-50(40-23-22-33-12-4-5-16-37(33)30-40)54-51(53-49)44-21-11-10-19-42(44)35-24-27-41(28-25-35)55-46-29-26-34-13-8-9-20-43(34)48(46)45-31-38-17-6-7-18-39(38)32-47(45)55/h1-32H. The Morgan fingerprint density at radius 1 is 0.309 bits per heavy atom. The zero-order chi connectivity index (χ0) is 36.3. The molecule has 0 N–H and O–H groups in total. The fraction of sp³-hybridized carbons (Fsp3) is 0. The number of nitrogens with zero attached hydrogens (tertiary/aromatic N) is 4. The Morgan fingerprint density at radius 2 is 0.873 bits per heavy atom. The number of rotatable bonds is 5. The summed E-state index contributed by atoms with van der Waals surface area (Å²) in [6.45, 7) is 0. The second kappa shape index (κ2) is 12.6. The highest BCUT2D eigenvalue weighted by Gasteiger charge is 2.18. The molecule has 0 unspecified atom stereocenters. The first kappa shape index (κ1) is 31.1. The molecule has 0 aliphatic heterocycles. The van der Waals surface area contributed by atoms with Crippen molar-refractivity contribution >= 4 is 54.1 Å². The Morgan fingerprint density at radius 3 is 1.65 bits per heavy atom. The SMILES string of the molecule is c1ccc(-c2nc(-c3ccc4ccccc4c3)nc(-c3ccccc3-c3ccc(-n4c5cc6ccccc6cc5c5c6ccccc6ccc54)cc3)n2)cc1. The molecule has 0 amide bonds. The molecule has 0 radical (unpaired) electrons. The van der Waals surface area contributed by atoms with Crippen molar-refractivity contribution in [3.63, 3.8) is 0 Å². The van der Waals surface area contributed by atoms with Gasteiger partial charge in [0.05, 0.1) is 11.0 Å². The predicted molar refractivity (Wildman–Crippen MR) is 228 cm³/mol. The highest BCUT2D eigenvalue weighted by atomic mass is 15.0. The highest BCUT2D eigenvalue weighted by Crippen LogP contribution is 2.40. The average molecular weight is 701 g/mol. The van der Waals surface area contributed by atoms with Crippen molar-refractivity contribution in [2.45, 2.75) is 0 Å². The summed E-state index contributed by atoms with van der Waals surface area (Å²) < 4.78 is 2.41. The smallest absolute Gasteiger partial charge is 0.164 e. The van der Waals surface area contributed by atoms with E-state index >= 15 is 0 Å². The number of aromatic nitrogens is 4. The van der Waals surface area contributed by atoms with Gasteiger partial charge in [0.2, 0.25) is 0 Å². The second-order valence-electron chi connectivity index (χ2n) is 14.1. The van der Waals surface area contributed by atoms with Crippen molar-refractivity contribution in [3.05, 3.63) is 194 Å². The van der Waals surface area contributed by atoms with E-state index in [2.05, 4.69) is 168 Å². The molecule has 2 heterocycles. The Labute approximate surface area is 317 Å². The number of hydrogen-bond acceptors (Lipinski definition) is 3. The van der Waals surface area contributed by atoms with E-state index in [0.29, 0.717) is 17.5 Å². The maximum atomic E-state index is 5.14. The molecule has 2 aromatic heterocycles. The minimum Gasteiger partial charge on any atom is -0.309 e. The van der Waals surface area contributed by atoms with Crippen molar-refractivity contribution in [2.75, 3.05) is 0 Å². The van der Waals surface area contributed by atoms with E-state index < -0.39 is 0 Å². The van der Waals surface area contributed by atoms with E-state index in [1.807, 2.05) is 30.3 Å². The van der Waals surface area contributed by atoms with E-state index in [-0.39, 0.29) is 0 Å². The van der Waals surface area contributed by atoms with Crippen LogP contribution in [0, 0.1) is 0 Å². The minimum absolute atomic E-state index is 0.637. The number of hydrogen-bond donors (Lipinski definition) is 0. The van der Waals surface area contributed by atoms with Crippen molar-refractivity contribution < 1.29 is 0 Å². The van der Waals surface area contributed by atoms with Crippen LogP contribution in [0.25, 0.3) is 105 Å². The Kier molecular flexibility index (Phi) is 7.14. The zero-order valence-electron chi connectivity index (χ0n) is 29.8. The van der Waals surface area contributed by atoms with Crippen LogP contribution >= 0.6 is 0 Å². The first-order valence-electron chi connectivity index (χ1n) is 18.6. The third kappa shape index (κ3) is 5.26. The highest BCUT2D eigenvalue weighted by molar-refractivity contribution is 6.23. The molecular formula is C51H32N4. The maximum absolute atomic E-state index is 5.14. The molecule has 0 aliphatic rings. The first-order chi connectivity index (χ1) is 27.2. The van der Waals surface area contributed by atoms with Crippen LogP contribution in [-0.2, 0) is 0 Å². The van der Waals surface area contributed by atoms with Gasteiger partial charge in [0, 0.05) is 33.2 Å². The van der Waals surface area contributed by atoms with Crippen molar-refractivity contribution in [3.8, 4) is 51.0 Å². The van der Waals surface area contributed by atoms with Gasteiger partial charge < -0.3 is 4.57 Å². The monoisotopic (exact) mass is 700 g/mol. The van der Waals surface area contributed by atoms with Gasteiger partial charge in [-0.15, -0.1) is 0 Å². The van der Waals surface area contributed by atoms with E-state index in [1.54, 1.807) is 0 Å². The normalized spacial score (nSPS) is 11.6. The van der Waals surface area contributed by atoms with E-state index in [4.69, 9.17) is 15.0 Å². The van der Waals surface area contributed by atoms with Crippen LogP contribution in [0.3, 0.4) is 0 Å². The van der Waals surface area contributed by atoms with Gasteiger partial charge in [-0.2, -0.15) is 0 Å². The summed E-state index contributed by atoms with van der Waals surface area (Å²) in [6, 6.07) is 68.8. The minimum atomic E-state index is 0.637. The fourth-order valence-corrected chi connectivity index (χ4v) is 8.14. The van der Waals surface area contributed by atoms with Crippen LogP contribution in [0.1, 0.15) is 0 Å². The molecule has 256 valence electrons. The molecule has 55 heavy (non-hydrogen) atoms. The Bertz CT molecular complexity index is 3250. The van der Waals surface area contributed by atoms with Crippen LogP contribution in [0.15, 0.2) is 194 Å². The molecule has 0 fully saturated rings. The quantitative estimate of drug-likeness (QED) is 0.179. The Hall–Kier alpha value is -7.43. The largest absolute Gasteiger partial charge is 0.309 e. The van der Waals surface area contributed by atoms with Crippen LogP contribution in [-0.4, -0.2) is 19.5 Å². The summed E-state index contributed by atoms with van der Waals surface area (Å²) in [5.74, 6) is 1.93. The zero-order valence-corrected chi connectivity index (χ0v) is 29.8. The van der Waals surface area contributed by atoms with E-state index in [1.165, 1.54) is 48.7 Å². The van der Waals surface area contributed by atoms with Gasteiger partial charge in [-0.25, -0.2) is 15.0 Å². The van der Waals surface area contributed by atoms with E-state index in [0.717, 1.165) is 38.9 Å². The van der Waals surface area contributed by atoms with Crippen LogP contribution in [0.5, 0.6) is 0 Å². The molecule has 0 aliphatic carbocycles. The second-order valence-corrected chi connectivity index (χ2v) is 14.1. The topological polar surface area (TPSA) is 43.6 Å². The molecular weight excluding hydrogens is 669 g/mol. The lowest BCUT2D eigenvalue weighted by Gasteiger charge is -2.13.